The third kappa shape index (κ3) is 3.68. The zero-order chi connectivity index (χ0) is 24.2. The summed E-state index contributed by atoms with van der Waals surface area (Å²) in [6.07, 6.45) is 1.58. The molecule has 0 spiro atoms. The molecule has 0 atom stereocenters. The molecule has 4 heterocycles. The molecule has 3 aromatic heterocycles. The lowest BCUT2D eigenvalue weighted by Gasteiger charge is -2.14. The van der Waals surface area contributed by atoms with Gasteiger partial charge in [0.1, 0.15) is 5.52 Å². The van der Waals surface area contributed by atoms with E-state index in [4.69, 9.17) is 0 Å². The highest BCUT2D eigenvalue weighted by Crippen LogP contribution is 2.43. The Balaban J connectivity index is 1.42. The van der Waals surface area contributed by atoms with Gasteiger partial charge in [-0.2, -0.15) is 0 Å². The van der Waals surface area contributed by atoms with Crippen LogP contribution in [-0.2, 0) is 0 Å². The van der Waals surface area contributed by atoms with Gasteiger partial charge in [-0.25, -0.2) is 15.0 Å². The van der Waals surface area contributed by atoms with Crippen molar-refractivity contribution in [3.8, 4) is 22.6 Å². The number of rotatable bonds is 4. The number of halogens is 2. The molecular formula is C25H18F2N6O2. The molecule has 0 unspecified atom stereocenters. The highest BCUT2D eigenvalue weighted by atomic mass is 19.3. The van der Waals surface area contributed by atoms with Gasteiger partial charge in [0, 0.05) is 48.2 Å². The smallest absolute Gasteiger partial charge is 0.395 e. The first kappa shape index (κ1) is 21.0. The summed E-state index contributed by atoms with van der Waals surface area (Å²) < 4.78 is 35.8. The molecule has 2 aromatic carbocycles. The van der Waals surface area contributed by atoms with E-state index in [1.807, 2.05) is 31.2 Å². The molecule has 5 aromatic rings. The van der Waals surface area contributed by atoms with Crippen molar-refractivity contribution in [1.82, 2.24) is 19.9 Å². The molecule has 0 bridgehead atoms. The first-order valence-electron chi connectivity index (χ1n) is 10.8. The van der Waals surface area contributed by atoms with Crippen molar-refractivity contribution in [3.63, 3.8) is 0 Å². The van der Waals surface area contributed by atoms with Crippen molar-refractivity contribution in [2.24, 2.45) is 0 Å². The van der Waals surface area contributed by atoms with Crippen LogP contribution in [-0.4, -0.2) is 33.3 Å². The van der Waals surface area contributed by atoms with E-state index in [2.05, 4.69) is 40.0 Å². The van der Waals surface area contributed by atoms with Crippen LogP contribution in [0.5, 0.6) is 11.5 Å². The van der Waals surface area contributed by atoms with Crippen LogP contribution in [0.1, 0.15) is 5.56 Å². The lowest BCUT2D eigenvalue weighted by molar-refractivity contribution is -0.286. The van der Waals surface area contributed by atoms with Crippen LogP contribution in [0, 0.1) is 6.92 Å². The number of nitrogens with zero attached hydrogens (tertiary/aromatic N) is 4. The van der Waals surface area contributed by atoms with Crippen LogP contribution in [0.15, 0.2) is 61.1 Å². The molecule has 6 rings (SSSR count). The molecule has 0 amide bonds. The van der Waals surface area contributed by atoms with Gasteiger partial charge in [0.15, 0.2) is 17.3 Å². The number of hydrogen-bond donors (Lipinski definition) is 2. The SMILES string of the molecule is CNc1ncc2cc(-c3c(C)cnc4c(Nc5ccc6c(c5)OC(F)(F)O6)nccc34)ccc2n1. The Morgan fingerprint density at radius 1 is 0.914 bits per heavy atom. The molecule has 10 heteroatoms. The van der Waals surface area contributed by atoms with Gasteiger partial charge < -0.3 is 20.1 Å². The third-order valence-electron chi connectivity index (χ3n) is 5.73. The minimum absolute atomic E-state index is 0.0235. The molecule has 1 aliphatic heterocycles. The van der Waals surface area contributed by atoms with Crippen molar-refractivity contribution in [1.29, 1.82) is 0 Å². The summed E-state index contributed by atoms with van der Waals surface area (Å²) in [6.45, 7) is 2.00. The summed E-state index contributed by atoms with van der Waals surface area (Å²) in [4.78, 5) is 17.9. The lowest BCUT2D eigenvalue weighted by atomic mass is 9.96. The number of nitrogens with one attached hydrogen (secondary N) is 2. The van der Waals surface area contributed by atoms with E-state index < -0.39 is 6.29 Å². The molecule has 0 radical (unpaired) electrons. The zero-order valence-corrected chi connectivity index (χ0v) is 18.6. The summed E-state index contributed by atoms with van der Waals surface area (Å²) in [5, 5.41) is 7.91. The summed E-state index contributed by atoms with van der Waals surface area (Å²) in [5.41, 5.74) is 4.97. The second kappa shape index (κ2) is 7.73. The Bertz CT molecular complexity index is 1630. The second-order valence-electron chi connectivity index (χ2n) is 8.04. The molecule has 0 aliphatic carbocycles. The fraction of sp³-hybridized carbons (Fsp3) is 0.120. The normalized spacial score (nSPS) is 13.8. The van der Waals surface area contributed by atoms with Crippen molar-refractivity contribution in [2.45, 2.75) is 13.2 Å². The number of alkyl halides is 2. The molecule has 8 nitrogen and oxygen atoms in total. The average Bonchev–Trinajstić information content (AvgIpc) is 3.16. The number of fused-ring (bicyclic) bond motifs is 3. The van der Waals surface area contributed by atoms with Crippen LogP contribution < -0.4 is 20.1 Å². The average molecular weight is 472 g/mol. The van der Waals surface area contributed by atoms with Gasteiger partial charge in [0.2, 0.25) is 5.95 Å². The maximum Gasteiger partial charge on any atom is 0.586 e. The molecule has 35 heavy (non-hydrogen) atoms. The van der Waals surface area contributed by atoms with E-state index in [9.17, 15) is 8.78 Å². The summed E-state index contributed by atoms with van der Waals surface area (Å²) in [7, 11) is 1.78. The van der Waals surface area contributed by atoms with Gasteiger partial charge in [-0.3, -0.25) is 4.98 Å². The maximum atomic E-state index is 13.4. The Hall–Kier alpha value is -4.60. The molecule has 1 aliphatic rings. The number of aromatic nitrogens is 4. The van der Waals surface area contributed by atoms with E-state index in [1.165, 1.54) is 12.1 Å². The van der Waals surface area contributed by atoms with Crippen LogP contribution in [0.25, 0.3) is 32.9 Å². The first-order valence-corrected chi connectivity index (χ1v) is 10.8. The third-order valence-corrected chi connectivity index (χ3v) is 5.73. The zero-order valence-electron chi connectivity index (χ0n) is 18.6. The quantitative estimate of drug-likeness (QED) is 0.346. The molecule has 2 N–H and O–H groups in total. The number of anilines is 3. The Kier molecular flexibility index (Phi) is 4.63. The lowest BCUT2D eigenvalue weighted by Crippen LogP contribution is -2.25. The van der Waals surface area contributed by atoms with Gasteiger partial charge in [-0.15, -0.1) is 8.78 Å². The fourth-order valence-corrected chi connectivity index (χ4v) is 4.17. The monoisotopic (exact) mass is 472 g/mol. The van der Waals surface area contributed by atoms with Gasteiger partial charge in [0.05, 0.1) is 5.52 Å². The van der Waals surface area contributed by atoms with E-state index in [1.54, 1.807) is 31.7 Å². The molecule has 0 saturated heterocycles. The topological polar surface area (TPSA) is 94.1 Å². The van der Waals surface area contributed by atoms with E-state index >= 15 is 0 Å². The fourth-order valence-electron chi connectivity index (χ4n) is 4.17. The standard InChI is InChI=1S/C25H18F2N6O2/c1-13-11-30-22-17(21(13)14-3-5-18-15(9-14)12-31-24(28-2)33-18)7-8-29-23(22)32-16-4-6-19-20(10-16)35-25(26,27)34-19/h3-12H,1-2H3,(H,29,32)(H,28,31,33). The van der Waals surface area contributed by atoms with Gasteiger partial charge in [0.25, 0.3) is 0 Å². The van der Waals surface area contributed by atoms with Gasteiger partial charge in [-0.1, -0.05) is 6.07 Å². The van der Waals surface area contributed by atoms with Gasteiger partial charge >= 0.3 is 6.29 Å². The summed E-state index contributed by atoms with van der Waals surface area (Å²) in [6, 6.07) is 12.4. The van der Waals surface area contributed by atoms with E-state index in [0.29, 0.717) is 23.0 Å². The number of hydrogen-bond acceptors (Lipinski definition) is 8. The number of ether oxygens (including phenoxy) is 2. The Morgan fingerprint density at radius 2 is 1.77 bits per heavy atom. The highest BCUT2D eigenvalue weighted by molar-refractivity contribution is 6.02. The molecular weight excluding hydrogens is 454 g/mol. The highest BCUT2D eigenvalue weighted by Gasteiger charge is 2.43. The van der Waals surface area contributed by atoms with Gasteiger partial charge in [-0.05, 0) is 53.9 Å². The van der Waals surface area contributed by atoms with Crippen molar-refractivity contribution in [3.05, 3.63) is 66.6 Å². The predicted molar refractivity (Wildman–Crippen MR) is 128 cm³/mol. The predicted octanol–water partition coefficient (Wildman–Crippen LogP) is 5.66. The van der Waals surface area contributed by atoms with Crippen molar-refractivity contribution < 1.29 is 18.3 Å². The minimum atomic E-state index is -3.67. The number of benzene rings is 2. The van der Waals surface area contributed by atoms with Crippen LogP contribution in [0.4, 0.5) is 26.2 Å². The van der Waals surface area contributed by atoms with Crippen LogP contribution in [0.2, 0.25) is 0 Å². The number of aryl methyl sites for hydroxylation is 1. The largest absolute Gasteiger partial charge is 0.586 e. The van der Waals surface area contributed by atoms with Crippen molar-refractivity contribution >= 4 is 39.3 Å². The van der Waals surface area contributed by atoms with Crippen molar-refractivity contribution in [2.75, 3.05) is 17.7 Å². The molecule has 0 saturated carbocycles. The van der Waals surface area contributed by atoms with Crippen LogP contribution >= 0.6 is 0 Å². The Labute approximate surface area is 198 Å². The number of pyridine rings is 2. The molecule has 0 fully saturated rings. The second-order valence-corrected chi connectivity index (χ2v) is 8.04. The first-order chi connectivity index (χ1) is 16.9. The molecule has 174 valence electrons. The van der Waals surface area contributed by atoms with E-state index in [-0.39, 0.29) is 11.5 Å². The summed E-state index contributed by atoms with van der Waals surface area (Å²) in [5.74, 6) is 0.969. The Morgan fingerprint density at radius 3 is 2.63 bits per heavy atom. The van der Waals surface area contributed by atoms with E-state index in [0.717, 1.165) is 33.0 Å². The minimum Gasteiger partial charge on any atom is -0.395 e. The van der Waals surface area contributed by atoms with Crippen LogP contribution in [0.3, 0.4) is 0 Å². The maximum absolute atomic E-state index is 13.4. The summed E-state index contributed by atoms with van der Waals surface area (Å²) >= 11 is 0.